The molecule has 2 heterocycles. The number of nitrogens with zero attached hydrogens (tertiary/aromatic N) is 2. The Morgan fingerprint density at radius 3 is 2.65 bits per heavy atom. The molecule has 1 unspecified atom stereocenters. The number of carbonyl (C=O) groups is 1. The molecule has 1 saturated heterocycles. The summed E-state index contributed by atoms with van der Waals surface area (Å²) in [6, 6.07) is 8.99. The van der Waals surface area contributed by atoms with E-state index in [-0.39, 0.29) is 5.56 Å². The van der Waals surface area contributed by atoms with Gasteiger partial charge in [0.05, 0.1) is 5.25 Å². The van der Waals surface area contributed by atoms with Gasteiger partial charge in [-0.25, -0.2) is 9.32 Å². The molecule has 0 radical (unpaired) electrons. The smallest absolute Gasteiger partial charge is 0.389 e. The van der Waals surface area contributed by atoms with Crippen molar-refractivity contribution in [1.29, 1.82) is 0 Å². The summed E-state index contributed by atoms with van der Waals surface area (Å²) in [5.74, 6) is -0.186. The summed E-state index contributed by atoms with van der Waals surface area (Å²) in [6.07, 6.45) is 0.386. The van der Waals surface area contributed by atoms with Gasteiger partial charge in [0.1, 0.15) is 12.2 Å². The van der Waals surface area contributed by atoms with Crippen molar-refractivity contribution in [3.8, 4) is 0 Å². The molecule has 12 heteroatoms. The molecule has 10 nitrogen and oxygen atoms in total. The van der Waals surface area contributed by atoms with Gasteiger partial charge in [-0.2, -0.15) is 16.3 Å². The number of hydrogen-bond acceptors (Lipinski definition) is 8. The molecule has 0 aliphatic carbocycles. The predicted octanol–water partition coefficient (Wildman–Crippen LogP) is 1.26. The number of aromatic nitrogens is 2. The van der Waals surface area contributed by atoms with Crippen LogP contribution in [0.4, 0.5) is 0 Å². The van der Waals surface area contributed by atoms with Gasteiger partial charge in [-0.3, -0.25) is 14.2 Å². The van der Waals surface area contributed by atoms with E-state index in [1.165, 1.54) is 36.2 Å². The normalized spacial score (nSPS) is 23.8. The summed E-state index contributed by atoms with van der Waals surface area (Å²) in [6.45, 7) is 1.86. The number of aliphatic hydroxyl groups is 1. The molecule has 1 aromatic carbocycles. The van der Waals surface area contributed by atoms with Crippen LogP contribution < -0.4 is 11.2 Å². The van der Waals surface area contributed by atoms with Crippen LogP contribution in [0.25, 0.3) is 0 Å². The number of hydrogen-bond donors (Lipinski definition) is 2. The van der Waals surface area contributed by atoms with Crippen molar-refractivity contribution in [3.63, 3.8) is 0 Å². The molecule has 164 valence electrons. The third-order valence-electron chi connectivity index (χ3n) is 4.54. The van der Waals surface area contributed by atoms with E-state index in [1.54, 1.807) is 18.2 Å². The molecule has 0 bridgehead atoms. The minimum absolute atomic E-state index is 0.169. The van der Waals surface area contributed by atoms with Crippen LogP contribution in [0.15, 0.2) is 64.5 Å². The van der Waals surface area contributed by atoms with Crippen molar-refractivity contribution in [2.45, 2.75) is 30.6 Å². The SMILES string of the molecule is CCS[C@@H]1[C@H](O)[C@@H](/C=C/O[P+](=O)O)O[C@H]1n1ccc(=O)n(C(=O)c2ccccc2)c1=O. The highest BCUT2D eigenvalue weighted by molar-refractivity contribution is 7.99. The number of benzene rings is 1. The van der Waals surface area contributed by atoms with E-state index in [0.717, 1.165) is 16.9 Å². The highest BCUT2D eigenvalue weighted by Gasteiger charge is 2.44. The highest BCUT2D eigenvalue weighted by atomic mass is 32.2. The van der Waals surface area contributed by atoms with Crippen LogP contribution in [0.2, 0.25) is 0 Å². The van der Waals surface area contributed by atoms with E-state index in [0.29, 0.717) is 10.3 Å². The third-order valence-corrected chi connectivity index (χ3v) is 6.07. The number of ether oxygens (including phenoxy) is 1. The molecular weight excluding hydrogens is 447 g/mol. The minimum Gasteiger partial charge on any atom is -0.389 e. The number of thioether (sulfide) groups is 1. The lowest BCUT2D eigenvalue weighted by Crippen LogP contribution is -2.45. The van der Waals surface area contributed by atoms with E-state index in [9.17, 15) is 24.1 Å². The fourth-order valence-electron chi connectivity index (χ4n) is 3.18. The van der Waals surface area contributed by atoms with Gasteiger partial charge in [-0.1, -0.05) is 25.1 Å². The zero-order valence-corrected chi connectivity index (χ0v) is 18.0. The molecule has 1 aliphatic heterocycles. The average Bonchev–Trinajstić information content (AvgIpc) is 3.04. The second-order valence-electron chi connectivity index (χ2n) is 6.42. The summed E-state index contributed by atoms with van der Waals surface area (Å²) >= 11 is 1.33. The first-order chi connectivity index (χ1) is 14.8. The Morgan fingerprint density at radius 2 is 2.00 bits per heavy atom. The molecule has 1 fully saturated rings. The Balaban J connectivity index is 1.99. The van der Waals surface area contributed by atoms with E-state index >= 15 is 0 Å². The van der Waals surface area contributed by atoms with Crippen LogP contribution in [0.5, 0.6) is 0 Å². The quantitative estimate of drug-likeness (QED) is 0.455. The van der Waals surface area contributed by atoms with Crippen LogP contribution in [0.3, 0.4) is 0 Å². The highest BCUT2D eigenvalue weighted by Crippen LogP contribution is 2.37. The first-order valence-corrected chi connectivity index (χ1v) is 11.4. The Bertz CT molecular complexity index is 1100. The molecule has 0 amide bonds. The zero-order chi connectivity index (χ0) is 22.5. The van der Waals surface area contributed by atoms with Gasteiger partial charge in [0.25, 0.3) is 11.5 Å². The topological polar surface area (TPSA) is 137 Å². The van der Waals surface area contributed by atoms with E-state index in [4.69, 9.17) is 9.63 Å². The van der Waals surface area contributed by atoms with E-state index in [1.807, 2.05) is 6.92 Å². The van der Waals surface area contributed by atoms with Gasteiger partial charge in [0, 0.05) is 22.4 Å². The maximum absolute atomic E-state index is 13.1. The van der Waals surface area contributed by atoms with Crippen molar-refractivity contribution >= 4 is 25.9 Å². The van der Waals surface area contributed by atoms with E-state index < -0.39 is 49.1 Å². The monoisotopic (exact) mass is 467 g/mol. The second kappa shape index (κ2) is 10.2. The lowest BCUT2D eigenvalue weighted by molar-refractivity contribution is 0.00415. The van der Waals surface area contributed by atoms with Crippen molar-refractivity contribution in [3.05, 3.63) is 81.3 Å². The van der Waals surface area contributed by atoms with Gasteiger partial charge >= 0.3 is 13.9 Å². The van der Waals surface area contributed by atoms with Crippen LogP contribution in [0.1, 0.15) is 23.5 Å². The zero-order valence-electron chi connectivity index (χ0n) is 16.3. The summed E-state index contributed by atoms with van der Waals surface area (Å²) in [7, 11) is -2.86. The molecule has 3 rings (SSSR count). The summed E-state index contributed by atoms with van der Waals surface area (Å²) in [4.78, 5) is 46.9. The standard InChI is InChI=1S/C19H19N2O8PS/c1-2-31-16-15(23)13(9-11-28-30(26)27)29-18(16)20-10-8-14(22)21(19(20)25)17(24)12-6-4-3-5-7-12/h3-11,13,15-16,18,23H,2H2,1H3/p+1/b11-9+/t13-,15-,16-,18-/m1/s1. The largest absolute Gasteiger partial charge is 0.746 e. The Morgan fingerprint density at radius 1 is 1.29 bits per heavy atom. The first kappa shape index (κ1) is 23.1. The molecule has 31 heavy (non-hydrogen) atoms. The molecule has 1 aromatic heterocycles. The van der Waals surface area contributed by atoms with Gasteiger partial charge in [0.2, 0.25) is 0 Å². The summed E-state index contributed by atoms with van der Waals surface area (Å²) < 4.78 is 22.5. The third kappa shape index (κ3) is 5.03. The van der Waals surface area contributed by atoms with Crippen molar-refractivity contribution in [2.75, 3.05) is 5.75 Å². The number of aliphatic hydroxyl groups excluding tert-OH is 1. The Kier molecular flexibility index (Phi) is 7.58. The van der Waals surface area contributed by atoms with Gasteiger partial charge in [-0.05, 0) is 24.0 Å². The minimum atomic E-state index is -2.86. The molecule has 1 aliphatic rings. The van der Waals surface area contributed by atoms with Crippen LogP contribution in [-0.4, -0.2) is 48.3 Å². The average molecular weight is 467 g/mol. The van der Waals surface area contributed by atoms with Gasteiger partial charge in [-0.15, -0.1) is 4.89 Å². The van der Waals surface area contributed by atoms with Crippen LogP contribution >= 0.6 is 20.0 Å². The van der Waals surface area contributed by atoms with Crippen molar-refractivity contribution in [1.82, 2.24) is 9.13 Å². The molecule has 2 aromatic rings. The summed E-state index contributed by atoms with van der Waals surface area (Å²) in [5.41, 5.74) is -1.52. The van der Waals surface area contributed by atoms with Gasteiger partial charge in [0.15, 0.2) is 12.5 Å². The maximum Gasteiger partial charge on any atom is 0.746 e. The van der Waals surface area contributed by atoms with Crippen LogP contribution in [0, 0.1) is 0 Å². The predicted molar refractivity (Wildman–Crippen MR) is 113 cm³/mol. The fraction of sp³-hybridized carbons (Fsp3) is 0.316. The Hall–Kier alpha value is -2.56. The van der Waals surface area contributed by atoms with Crippen molar-refractivity contribution < 1.29 is 28.6 Å². The van der Waals surface area contributed by atoms with E-state index in [2.05, 4.69) is 4.52 Å². The lowest BCUT2D eigenvalue weighted by atomic mass is 10.1. The second-order valence-corrected chi connectivity index (χ2v) is 8.57. The maximum atomic E-state index is 13.1. The molecule has 0 spiro atoms. The first-order valence-electron chi connectivity index (χ1n) is 9.23. The van der Waals surface area contributed by atoms with Gasteiger partial charge < -0.3 is 9.84 Å². The molecule has 5 atom stereocenters. The van der Waals surface area contributed by atoms with Crippen LogP contribution in [-0.2, 0) is 13.8 Å². The molecular formula is C19H20N2O8PS+. The number of carbonyl (C=O) groups excluding carboxylic acids is 1. The summed E-state index contributed by atoms with van der Waals surface area (Å²) in [5, 5.41) is 10.0. The molecule has 0 saturated carbocycles. The van der Waals surface area contributed by atoms with Crippen molar-refractivity contribution in [2.24, 2.45) is 0 Å². The number of rotatable bonds is 7. The Labute approximate surface area is 181 Å². The lowest BCUT2D eigenvalue weighted by Gasteiger charge is -2.21. The molecule has 2 N–H and O–H groups in total. The fourth-order valence-corrected chi connectivity index (χ4v) is 4.45.